The molecule has 0 radical (unpaired) electrons. The first-order valence-corrected chi connectivity index (χ1v) is 15.8. The monoisotopic (exact) mass is 582 g/mol. The van der Waals surface area contributed by atoms with Crippen LogP contribution in [0.15, 0.2) is 22.7 Å². The zero-order chi connectivity index (χ0) is 29.9. The van der Waals surface area contributed by atoms with Gasteiger partial charge in [0, 0.05) is 42.5 Å². The van der Waals surface area contributed by atoms with Crippen molar-refractivity contribution < 1.29 is 9.26 Å². The lowest BCUT2D eigenvalue weighted by atomic mass is 9.68. The Morgan fingerprint density at radius 3 is 2.77 bits per heavy atom. The molecule has 7 rings (SSSR count). The molecule has 4 heterocycles. The van der Waals surface area contributed by atoms with E-state index in [1.54, 1.807) is 0 Å². The van der Waals surface area contributed by atoms with E-state index < -0.39 is 5.41 Å². The molecule has 43 heavy (non-hydrogen) atoms. The topological polar surface area (TPSA) is 121 Å². The van der Waals surface area contributed by atoms with Crippen LogP contribution < -0.4 is 15.4 Å². The van der Waals surface area contributed by atoms with Gasteiger partial charge < -0.3 is 24.8 Å². The number of likely N-dealkylation sites (N-methyl/N-ethyl adjacent to an activating group) is 2. The van der Waals surface area contributed by atoms with Crippen molar-refractivity contribution in [1.82, 2.24) is 24.9 Å². The lowest BCUT2D eigenvalue weighted by Crippen LogP contribution is -2.38. The molecule has 0 amide bonds. The number of nitriles is 1. The molecule has 2 fully saturated rings. The van der Waals surface area contributed by atoms with Gasteiger partial charge in [-0.15, -0.1) is 0 Å². The summed E-state index contributed by atoms with van der Waals surface area (Å²) in [5.41, 5.74) is 10.9. The maximum absolute atomic E-state index is 10.1. The smallest absolute Gasteiger partial charge is 0.219 e. The number of likely N-dealkylation sites (tertiary alicyclic amines) is 1. The summed E-state index contributed by atoms with van der Waals surface area (Å²) in [5, 5.41) is 14.7. The molecule has 0 saturated carbocycles. The molecule has 10 nitrogen and oxygen atoms in total. The first-order chi connectivity index (χ1) is 20.8. The molecule has 2 saturated heterocycles. The molecule has 10 heteroatoms. The summed E-state index contributed by atoms with van der Waals surface area (Å²) in [6.45, 7) is 5.06. The standard InChI is InChI=1S/C33H42N8O2/c1-20(26-8-6-15-40(26)4)42-28-17-27(41-16-12-22(19-41)39(2)3)36-32(37-28)30-23-7-5-13-33(31(23)43-38-30)14-11-21-9-10-25(35)24(18-34)29(21)33/h9-10,17,20,22,26H,5-8,11-16,19,35H2,1-4H3/t20-,22-,26-,33-/m0/s1. The van der Waals surface area contributed by atoms with Gasteiger partial charge in [0.15, 0.2) is 17.3 Å². The molecule has 4 aliphatic rings. The van der Waals surface area contributed by atoms with E-state index in [0.717, 1.165) is 87.3 Å². The van der Waals surface area contributed by atoms with Crippen LogP contribution in [0.2, 0.25) is 0 Å². The third kappa shape index (κ3) is 4.64. The molecule has 0 bridgehead atoms. The summed E-state index contributed by atoms with van der Waals surface area (Å²) in [6, 6.07) is 9.15. The Bertz CT molecular complexity index is 1580. The van der Waals surface area contributed by atoms with Gasteiger partial charge >= 0.3 is 0 Å². The van der Waals surface area contributed by atoms with Gasteiger partial charge in [0.1, 0.15) is 18.0 Å². The molecule has 226 valence electrons. The fourth-order valence-electron chi connectivity index (χ4n) is 8.17. The number of ether oxygens (including phenoxy) is 1. The van der Waals surface area contributed by atoms with Crippen molar-refractivity contribution in [3.05, 3.63) is 46.2 Å². The normalized spacial score (nSPS) is 25.7. The van der Waals surface area contributed by atoms with E-state index in [1.165, 1.54) is 12.0 Å². The Kier molecular flexibility index (Phi) is 7.06. The van der Waals surface area contributed by atoms with Crippen LogP contribution in [0.25, 0.3) is 11.5 Å². The van der Waals surface area contributed by atoms with Crippen molar-refractivity contribution in [3.63, 3.8) is 0 Å². The second kappa shape index (κ2) is 10.8. The highest BCUT2D eigenvalue weighted by atomic mass is 16.5. The van der Waals surface area contributed by atoms with Crippen LogP contribution in [-0.2, 0) is 18.3 Å². The Balaban J connectivity index is 1.30. The third-order valence-corrected chi connectivity index (χ3v) is 10.5. The number of aromatic nitrogens is 3. The number of anilines is 2. The van der Waals surface area contributed by atoms with Gasteiger partial charge in [0.25, 0.3) is 0 Å². The molecule has 1 aromatic carbocycles. The van der Waals surface area contributed by atoms with Crippen molar-refractivity contribution in [1.29, 1.82) is 5.26 Å². The zero-order valence-electron chi connectivity index (χ0n) is 25.8. The maximum Gasteiger partial charge on any atom is 0.219 e. The average Bonchev–Trinajstić information content (AvgIpc) is 3.80. The number of nitrogen functional groups attached to an aromatic ring is 1. The number of hydrogen-bond donors (Lipinski definition) is 1. The average molecular weight is 583 g/mol. The molecule has 0 unspecified atom stereocenters. The van der Waals surface area contributed by atoms with Crippen molar-refractivity contribution in [2.45, 2.75) is 81.9 Å². The molecule has 2 aliphatic carbocycles. The molecule has 2 N–H and O–H groups in total. The summed E-state index contributed by atoms with van der Waals surface area (Å²) in [7, 11) is 6.44. The van der Waals surface area contributed by atoms with Gasteiger partial charge in [0.2, 0.25) is 5.88 Å². The maximum atomic E-state index is 10.1. The van der Waals surface area contributed by atoms with E-state index >= 15 is 0 Å². The molecular weight excluding hydrogens is 540 g/mol. The summed E-state index contributed by atoms with van der Waals surface area (Å²) >= 11 is 0. The molecular formula is C33H42N8O2. The largest absolute Gasteiger partial charge is 0.473 e. The predicted octanol–water partition coefficient (Wildman–Crippen LogP) is 4.16. The number of benzene rings is 1. The van der Waals surface area contributed by atoms with E-state index in [0.29, 0.717) is 40.7 Å². The van der Waals surface area contributed by atoms with Crippen LogP contribution in [0.4, 0.5) is 11.5 Å². The highest BCUT2D eigenvalue weighted by Gasteiger charge is 2.49. The van der Waals surface area contributed by atoms with E-state index in [-0.39, 0.29) is 6.10 Å². The van der Waals surface area contributed by atoms with E-state index in [4.69, 9.17) is 25.0 Å². The molecule has 1 spiro atoms. The molecule has 4 atom stereocenters. The fraction of sp³-hybridized carbons (Fsp3) is 0.576. The summed E-state index contributed by atoms with van der Waals surface area (Å²) in [5.74, 6) is 2.83. The van der Waals surface area contributed by atoms with Crippen LogP contribution in [-0.4, -0.2) is 83.9 Å². The number of nitrogens with zero attached hydrogens (tertiary/aromatic N) is 7. The first-order valence-electron chi connectivity index (χ1n) is 15.8. The predicted molar refractivity (Wildman–Crippen MR) is 165 cm³/mol. The van der Waals surface area contributed by atoms with Gasteiger partial charge in [0.05, 0.1) is 11.0 Å². The lowest BCUT2D eigenvalue weighted by Gasteiger charge is -2.33. The van der Waals surface area contributed by atoms with Gasteiger partial charge in [-0.25, -0.2) is 4.98 Å². The van der Waals surface area contributed by atoms with Crippen LogP contribution in [0.5, 0.6) is 5.88 Å². The summed E-state index contributed by atoms with van der Waals surface area (Å²) in [6.07, 6.45) is 7.84. The number of rotatable bonds is 6. The quantitative estimate of drug-likeness (QED) is 0.424. The number of fused-ring (bicyclic) bond motifs is 4. The second-order valence-electron chi connectivity index (χ2n) is 13.2. The van der Waals surface area contributed by atoms with Gasteiger partial charge in [-0.05, 0) is 103 Å². The number of nitrogens with two attached hydrogens (primary N) is 1. The third-order valence-electron chi connectivity index (χ3n) is 10.5. The summed E-state index contributed by atoms with van der Waals surface area (Å²) < 4.78 is 12.8. The lowest BCUT2D eigenvalue weighted by molar-refractivity contribution is 0.117. The highest BCUT2D eigenvalue weighted by Crippen LogP contribution is 2.54. The van der Waals surface area contributed by atoms with Crippen LogP contribution in [0.3, 0.4) is 0 Å². The Hall–Kier alpha value is -3.68. The molecule has 2 aliphatic heterocycles. The van der Waals surface area contributed by atoms with Crippen molar-refractivity contribution in [2.24, 2.45) is 0 Å². The summed E-state index contributed by atoms with van der Waals surface area (Å²) in [4.78, 5) is 17.1. The Morgan fingerprint density at radius 1 is 1.16 bits per heavy atom. The first kappa shape index (κ1) is 28.1. The SMILES string of the molecule is C[C@H](Oc1cc(N2CC[C@H](N(C)C)C2)nc(-c2noc3c2CCC[C@@]32CCc3ccc(N)c(C#N)c32)n1)[C@@H]1CCCN1C. The van der Waals surface area contributed by atoms with Gasteiger partial charge in [-0.1, -0.05) is 11.2 Å². The van der Waals surface area contributed by atoms with Crippen LogP contribution in [0.1, 0.15) is 73.5 Å². The number of aryl methyl sites for hydroxylation is 1. The Morgan fingerprint density at radius 2 is 2.02 bits per heavy atom. The zero-order valence-corrected chi connectivity index (χ0v) is 25.8. The van der Waals surface area contributed by atoms with Crippen molar-refractivity contribution >= 4 is 11.5 Å². The molecule has 2 aromatic heterocycles. The van der Waals surface area contributed by atoms with Crippen molar-refractivity contribution in [3.8, 4) is 23.5 Å². The van der Waals surface area contributed by atoms with Crippen LogP contribution >= 0.6 is 0 Å². The van der Waals surface area contributed by atoms with E-state index in [1.807, 2.05) is 12.1 Å². The van der Waals surface area contributed by atoms with Gasteiger partial charge in [-0.3, -0.25) is 4.90 Å². The molecule has 3 aromatic rings. The second-order valence-corrected chi connectivity index (χ2v) is 13.2. The Labute approximate surface area is 253 Å². The van der Waals surface area contributed by atoms with Crippen molar-refractivity contribution in [2.75, 3.05) is 51.4 Å². The van der Waals surface area contributed by atoms with Crippen LogP contribution in [0, 0.1) is 11.3 Å². The van der Waals surface area contributed by atoms with E-state index in [2.05, 4.69) is 60.1 Å². The minimum atomic E-state index is -0.402. The highest BCUT2D eigenvalue weighted by molar-refractivity contribution is 5.68. The van der Waals surface area contributed by atoms with Gasteiger partial charge in [-0.2, -0.15) is 10.2 Å². The van der Waals surface area contributed by atoms with E-state index in [9.17, 15) is 5.26 Å². The fourth-order valence-corrected chi connectivity index (χ4v) is 8.17. The minimum absolute atomic E-state index is 0.00412. The number of hydrogen-bond acceptors (Lipinski definition) is 10. The minimum Gasteiger partial charge on any atom is -0.473 e.